The Kier molecular flexibility index (Phi) is 2.21. The molecule has 2 rings (SSSR count). The standard InChI is InChI=1S/C10H12N2O2/c11-9(6-1-2-6)8-4-3-7(5-12-8)10(13)14/h3-6,9H,1-2,11H2,(H,13,14)/t9-/m1/s1. The number of aromatic nitrogens is 1. The molecule has 0 bridgehead atoms. The topological polar surface area (TPSA) is 76.2 Å². The lowest BCUT2D eigenvalue weighted by Gasteiger charge is -2.08. The fraction of sp³-hybridized carbons (Fsp3) is 0.400. The van der Waals surface area contributed by atoms with Gasteiger partial charge in [0.1, 0.15) is 0 Å². The zero-order valence-corrected chi connectivity index (χ0v) is 7.68. The first kappa shape index (κ1) is 9.15. The molecule has 1 aliphatic carbocycles. The van der Waals surface area contributed by atoms with Crippen molar-refractivity contribution in [3.63, 3.8) is 0 Å². The monoisotopic (exact) mass is 192 g/mol. The lowest BCUT2D eigenvalue weighted by atomic mass is 10.1. The van der Waals surface area contributed by atoms with Gasteiger partial charge < -0.3 is 10.8 Å². The van der Waals surface area contributed by atoms with Gasteiger partial charge in [0, 0.05) is 12.2 Å². The first-order chi connectivity index (χ1) is 6.68. The summed E-state index contributed by atoms with van der Waals surface area (Å²) in [7, 11) is 0. The summed E-state index contributed by atoms with van der Waals surface area (Å²) in [5, 5.41) is 8.66. The first-order valence-electron chi connectivity index (χ1n) is 4.63. The minimum Gasteiger partial charge on any atom is -0.478 e. The van der Waals surface area contributed by atoms with Crippen LogP contribution >= 0.6 is 0 Å². The number of hydrogen-bond acceptors (Lipinski definition) is 3. The van der Waals surface area contributed by atoms with Crippen LogP contribution in [0.3, 0.4) is 0 Å². The Morgan fingerprint density at radius 3 is 2.71 bits per heavy atom. The number of pyridine rings is 1. The van der Waals surface area contributed by atoms with Crippen molar-refractivity contribution in [2.24, 2.45) is 11.7 Å². The fourth-order valence-electron chi connectivity index (χ4n) is 1.43. The second-order valence-electron chi connectivity index (χ2n) is 3.64. The van der Waals surface area contributed by atoms with E-state index in [1.54, 1.807) is 12.1 Å². The highest BCUT2D eigenvalue weighted by Gasteiger charge is 2.30. The summed E-state index contributed by atoms with van der Waals surface area (Å²) in [6.45, 7) is 0. The summed E-state index contributed by atoms with van der Waals surface area (Å²) in [6.07, 6.45) is 3.67. The number of carbonyl (C=O) groups is 1. The third-order valence-electron chi connectivity index (χ3n) is 2.50. The van der Waals surface area contributed by atoms with Gasteiger partial charge in [0.15, 0.2) is 0 Å². The second kappa shape index (κ2) is 3.38. The highest BCUT2D eigenvalue weighted by atomic mass is 16.4. The number of nitrogens with two attached hydrogens (primary N) is 1. The molecule has 74 valence electrons. The van der Waals surface area contributed by atoms with Crippen molar-refractivity contribution >= 4 is 5.97 Å². The molecule has 1 heterocycles. The van der Waals surface area contributed by atoms with E-state index in [0.29, 0.717) is 5.92 Å². The number of hydrogen-bond donors (Lipinski definition) is 2. The molecule has 4 nitrogen and oxygen atoms in total. The van der Waals surface area contributed by atoms with Crippen LogP contribution < -0.4 is 5.73 Å². The third kappa shape index (κ3) is 1.75. The maximum absolute atomic E-state index is 10.6. The van der Waals surface area contributed by atoms with Gasteiger partial charge in [0.2, 0.25) is 0 Å². The van der Waals surface area contributed by atoms with E-state index in [9.17, 15) is 4.79 Å². The molecule has 0 unspecified atom stereocenters. The van der Waals surface area contributed by atoms with E-state index in [1.807, 2.05) is 0 Å². The van der Waals surface area contributed by atoms with Crippen molar-refractivity contribution in [2.75, 3.05) is 0 Å². The van der Waals surface area contributed by atoms with Crippen molar-refractivity contribution in [3.8, 4) is 0 Å². The molecule has 1 aromatic heterocycles. The lowest BCUT2D eigenvalue weighted by molar-refractivity contribution is 0.0696. The molecular weight excluding hydrogens is 180 g/mol. The largest absolute Gasteiger partial charge is 0.478 e. The van der Waals surface area contributed by atoms with E-state index in [2.05, 4.69) is 4.98 Å². The molecule has 0 spiro atoms. The SMILES string of the molecule is N[C@@H](c1ccc(C(=O)O)cn1)C1CC1. The van der Waals surface area contributed by atoms with Crippen LogP contribution in [-0.4, -0.2) is 16.1 Å². The van der Waals surface area contributed by atoms with Gasteiger partial charge in [-0.25, -0.2) is 4.79 Å². The van der Waals surface area contributed by atoms with Gasteiger partial charge >= 0.3 is 5.97 Å². The maximum atomic E-state index is 10.6. The quantitative estimate of drug-likeness (QED) is 0.754. The molecule has 0 amide bonds. The molecule has 0 radical (unpaired) electrons. The molecule has 1 aromatic rings. The van der Waals surface area contributed by atoms with E-state index in [0.717, 1.165) is 18.5 Å². The molecule has 1 aliphatic rings. The van der Waals surface area contributed by atoms with Crippen LogP contribution in [0.1, 0.15) is 34.9 Å². The molecule has 1 fully saturated rings. The molecule has 0 saturated heterocycles. The number of rotatable bonds is 3. The summed E-state index contributed by atoms with van der Waals surface area (Å²) < 4.78 is 0. The average Bonchev–Trinajstić information content (AvgIpc) is 3.00. The Labute approximate surface area is 81.8 Å². The number of aromatic carboxylic acids is 1. The smallest absolute Gasteiger partial charge is 0.337 e. The zero-order valence-electron chi connectivity index (χ0n) is 7.68. The Morgan fingerprint density at radius 1 is 1.57 bits per heavy atom. The molecule has 0 aromatic carbocycles. The van der Waals surface area contributed by atoms with Gasteiger partial charge in [-0.15, -0.1) is 0 Å². The molecule has 3 N–H and O–H groups in total. The van der Waals surface area contributed by atoms with E-state index >= 15 is 0 Å². The van der Waals surface area contributed by atoms with E-state index < -0.39 is 5.97 Å². The molecule has 1 atom stereocenters. The molecule has 0 aliphatic heterocycles. The number of nitrogens with zero attached hydrogens (tertiary/aromatic N) is 1. The number of carboxylic acid groups (broad SMARTS) is 1. The van der Waals surface area contributed by atoms with Gasteiger partial charge in [0.25, 0.3) is 0 Å². The van der Waals surface area contributed by atoms with Crippen LogP contribution in [0.15, 0.2) is 18.3 Å². The van der Waals surface area contributed by atoms with Crippen LogP contribution in [-0.2, 0) is 0 Å². The Morgan fingerprint density at radius 2 is 2.29 bits per heavy atom. The Hall–Kier alpha value is -1.42. The second-order valence-corrected chi connectivity index (χ2v) is 3.64. The summed E-state index contributed by atoms with van der Waals surface area (Å²) in [4.78, 5) is 14.6. The minimum absolute atomic E-state index is 0.0298. The molecule has 1 saturated carbocycles. The molecular formula is C10H12N2O2. The van der Waals surface area contributed by atoms with Crippen LogP contribution in [0.2, 0.25) is 0 Å². The minimum atomic E-state index is -0.955. The van der Waals surface area contributed by atoms with Crippen molar-refractivity contribution in [1.29, 1.82) is 0 Å². The first-order valence-corrected chi connectivity index (χ1v) is 4.63. The van der Waals surface area contributed by atoms with Crippen LogP contribution in [0.25, 0.3) is 0 Å². The maximum Gasteiger partial charge on any atom is 0.337 e. The molecule has 4 heteroatoms. The van der Waals surface area contributed by atoms with Crippen LogP contribution in [0.5, 0.6) is 0 Å². The van der Waals surface area contributed by atoms with Crippen molar-refractivity contribution in [1.82, 2.24) is 4.98 Å². The van der Waals surface area contributed by atoms with E-state index in [4.69, 9.17) is 10.8 Å². The fourth-order valence-corrected chi connectivity index (χ4v) is 1.43. The molecule has 14 heavy (non-hydrogen) atoms. The van der Waals surface area contributed by atoms with E-state index in [-0.39, 0.29) is 11.6 Å². The van der Waals surface area contributed by atoms with Crippen LogP contribution in [0, 0.1) is 5.92 Å². The van der Waals surface area contributed by atoms with Gasteiger partial charge in [-0.2, -0.15) is 0 Å². The third-order valence-corrected chi connectivity index (χ3v) is 2.50. The van der Waals surface area contributed by atoms with Crippen molar-refractivity contribution in [3.05, 3.63) is 29.6 Å². The van der Waals surface area contributed by atoms with Crippen LogP contribution in [0.4, 0.5) is 0 Å². The van der Waals surface area contributed by atoms with Gasteiger partial charge in [-0.3, -0.25) is 4.98 Å². The summed E-state index contributed by atoms with van der Waals surface area (Å²) in [5.41, 5.74) is 6.91. The Bertz CT molecular complexity index is 344. The van der Waals surface area contributed by atoms with Gasteiger partial charge in [0.05, 0.1) is 11.3 Å². The van der Waals surface area contributed by atoms with Gasteiger partial charge in [-0.05, 0) is 30.9 Å². The lowest BCUT2D eigenvalue weighted by Crippen LogP contribution is -2.14. The van der Waals surface area contributed by atoms with Gasteiger partial charge in [-0.1, -0.05) is 0 Å². The van der Waals surface area contributed by atoms with E-state index in [1.165, 1.54) is 6.20 Å². The van der Waals surface area contributed by atoms with Crippen molar-refractivity contribution < 1.29 is 9.90 Å². The predicted molar refractivity (Wildman–Crippen MR) is 50.8 cm³/mol. The Balaban J connectivity index is 2.16. The summed E-state index contributed by atoms with van der Waals surface area (Å²) in [6, 6.07) is 3.22. The predicted octanol–water partition coefficient (Wildman–Crippen LogP) is 1.19. The number of carboxylic acids is 1. The average molecular weight is 192 g/mol. The summed E-state index contributed by atoms with van der Waals surface area (Å²) in [5.74, 6) is -0.415. The highest BCUT2D eigenvalue weighted by Crippen LogP contribution is 2.38. The zero-order chi connectivity index (χ0) is 10.1. The highest BCUT2D eigenvalue weighted by molar-refractivity contribution is 5.87. The summed E-state index contributed by atoms with van der Waals surface area (Å²) >= 11 is 0. The normalized spacial score (nSPS) is 17.8. The van der Waals surface area contributed by atoms with Crippen molar-refractivity contribution in [2.45, 2.75) is 18.9 Å².